The molecule has 0 N–H and O–H groups in total. The predicted octanol–water partition coefficient (Wildman–Crippen LogP) is 3.15. The Kier molecular flexibility index (Phi) is 7.79. The third-order valence-electron chi connectivity index (χ3n) is 5.49. The summed E-state index contributed by atoms with van der Waals surface area (Å²) < 4.78 is 21.3. The lowest BCUT2D eigenvalue weighted by molar-refractivity contribution is -0.183. The van der Waals surface area contributed by atoms with E-state index < -0.39 is 42.1 Å². The van der Waals surface area contributed by atoms with Crippen molar-refractivity contribution in [2.75, 3.05) is 20.3 Å². The van der Waals surface area contributed by atoms with Crippen LogP contribution in [0.4, 0.5) is 0 Å². The molecule has 0 radical (unpaired) electrons. The Bertz CT molecular complexity index is 713. The average molecular weight is 406 g/mol. The zero-order chi connectivity index (χ0) is 21.5. The quantitative estimate of drug-likeness (QED) is 0.460. The minimum atomic E-state index is -0.906. The molecule has 0 amide bonds. The van der Waals surface area contributed by atoms with Gasteiger partial charge in [0.15, 0.2) is 18.8 Å². The largest absolute Gasteiger partial charge is 0.453 e. The average Bonchev–Trinajstić information content (AvgIpc) is 3.14. The normalized spacial score (nSPS) is 21.4. The van der Waals surface area contributed by atoms with Gasteiger partial charge in [-0.25, -0.2) is 9.59 Å². The van der Waals surface area contributed by atoms with Gasteiger partial charge in [-0.05, 0) is 45.1 Å². The van der Waals surface area contributed by atoms with Gasteiger partial charge in [0.25, 0.3) is 0 Å². The van der Waals surface area contributed by atoms with Gasteiger partial charge in [-0.1, -0.05) is 37.3 Å². The number of esters is 3. The van der Waals surface area contributed by atoms with E-state index in [0.717, 1.165) is 18.4 Å². The van der Waals surface area contributed by atoms with Gasteiger partial charge in [-0.3, -0.25) is 4.79 Å². The van der Waals surface area contributed by atoms with Gasteiger partial charge < -0.3 is 18.9 Å². The molecular formula is C22H30O7. The molecule has 1 fully saturated rings. The molecule has 2 unspecified atom stereocenters. The molecule has 1 aromatic rings. The van der Waals surface area contributed by atoms with Gasteiger partial charge >= 0.3 is 17.9 Å². The zero-order valence-corrected chi connectivity index (χ0v) is 17.6. The van der Waals surface area contributed by atoms with Crippen LogP contribution in [0.25, 0.3) is 0 Å². The second kappa shape index (κ2) is 9.87. The smallest absolute Gasteiger partial charge is 0.345 e. The van der Waals surface area contributed by atoms with Gasteiger partial charge in [0.05, 0.1) is 5.41 Å². The number of rotatable bonds is 9. The van der Waals surface area contributed by atoms with Gasteiger partial charge in [0.2, 0.25) is 0 Å². The van der Waals surface area contributed by atoms with Crippen LogP contribution in [0, 0.1) is 5.41 Å². The topological polar surface area (TPSA) is 88.1 Å². The summed E-state index contributed by atoms with van der Waals surface area (Å²) in [6, 6.07) is 9.43. The van der Waals surface area contributed by atoms with Crippen molar-refractivity contribution in [3.05, 3.63) is 35.9 Å². The molecule has 0 bridgehead atoms. The third kappa shape index (κ3) is 5.56. The fraction of sp³-hybridized carbons (Fsp3) is 0.591. The summed E-state index contributed by atoms with van der Waals surface area (Å²) in [6.07, 6.45) is 2.54. The second-order valence-electron chi connectivity index (χ2n) is 7.82. The maximum absolute atomic E-state index is 12.4. The van der Waals surface area contributed by atoms with Crippen LogP contribution in [0.1, 0.15) is 52.0 Å². The van der Waals surface area contributed by atoms with Crippen molar-refractivity contribution in [2.45, 2.75) is 58.2 Å². The molecule has 1 aromatic carbocycles. The minimum Gasteiger partial charge on any atom is -0.453 e. The summed E-state index contributed by atoms with van der Waals surface area (Å²) in [5.74, 6) is -1.96. The van der Waals surface area contributed by atoms with Gasteiger partial charge in [0.1, 0.15) is 6.10 Å². The summed E-state index contributed by atoms with van der Waals surface area (Å²) in [4.78, 5) is 36.2. The molecule has 2 rings (SSSR count). The minimum absolute atomic E-state index is 0.276. The van der Waals surface area contributed by atoms with Crippen molar-refractivity contribution < 1.29 is 33.3 Å². The molecule has 1 aliphatic rings. The lowest BCUT2D eigenvalue weighted by Crippen LogP contribution is -2.41. The summed E-state index contributed by atoms with van der Waals surface area (Å²) in [7, 11) is 1.59. The molecule has 1 aliphatic carbocycles. The molecule has 7 heteroatoms. The van der Waals surface area contributed by atoms with E-state index in [-0.39, 0.29) is 6.10 Å². The Morgan fingerprint density at radius 1 is 1.07 bits per heavy atom. The van der Waals surface area contributed by atoms with Gasteiger partial charge in [-0.15, -0.1) is 0 Å². The van der Waals surface area contributed by atoms with E-state index in [1.807, 2.05) is 37.3 Å². The Labute approximate surface area is 171 Å². The molecular weight excluding hydrogens is 376 g/mol. The van der Waals surface area contributed by atoms with Gasteiger partial charge in [-0.2, -0.15) is 0 Å². The first-order chi connectivity index (χ1) is 13.7. The Balaban J connectivity index is 1.93. The first kappa shape index (κ1) is 22.9. The highest BCUT2D eigenvalue weighted by atomic mass is 16.6. The molecule has 7 nitrogen and oxygen atoms in total. The Morgan fingerprint density at radius 2 is 1.72 bits per heavy atom. The van der Waals surface area contributed by atoms with E-state index in [1.54, 1.807) is 21.0 Å². The lowest BCUT2D eigenvalue weighted by Gasteiger charge is -2.34. The van der Waals surface area contributed by atoms with Crippen molar-refractivity contribution in [3.63, 3.8) is 0 Å². The number of methoxy groups -OCH3 is 1. The molecule has 160 valence electrons. The van der Waals surface area contributed by atoms with E-state index in [1.165, 1.54) is 0 Å². The summed E-state index contributed by atoms with van der Waals surface area (Å²) in [6.45, 7) is 4.22. The van der Waals surface area contributed by atoms with Crippen LogP contribution in [0.3, 0.4) is 0 Å². The summed E-state index contributed by atoms with van der Waals surface area (Å²) >= 11 is 0. The fourth-order valence-corrected chi connectivity index (χ4v) is 3.36. The predicted molar refractivity (Wildman–Crippen MR) is 105 cm³/mol. The highest BCUT2D eigenvalue weighted by molar-refractivity contribution is 5.81. The third-order valence-corrected chi connectivity index (χ3v) is 5.49. The maximum Gasteiger partial charge on any atom is 0.345 e. The lowest BCUT2D eigenvalue weighted by atomic mass is 9.89. The van der Waals surface area contributed by atoms with Crippen molar-refractivity contribution in [1.82, 2.24) is 0 Å². The van der Waals surface area contributed by atoms with E-state index in [2.05, 4.69) is 0 Å². The van der Waals surface area contributed by atoms with Crippen LogP contribution < -0.4 is 0 Å². The molecule has 0 spiro atoms. The summed E-state index contributed by atoms with van der Waals surface area (Å²) in [5, 5.41) is 0. The van der Waals surface area contributed by atoms with Crippen LogP contribution in [-0.2, 0) is 38.9 Å². The molecule has 0 aliphatic heterocycles. The highest BCUT2D eigenvalue weighted by Crippen LogP contribution is 2.44. The van der Waals surface area contributed by atoms with Crippen LogP contribution in [0.2, 0.25) is 0 Å². The van der Waals surface area contributed by atoms with Gasteiger partial charge in [0, 0.05) is 7.11 Å². The molecule has 0 heterocycles. The maximum atomic E-state index is 12.4. The molecule has 2 atom stereocenters. The Hall–Kier alpha value is -2.41. The number of hydrogen-bond acceptors (Lipinski definition) is 7. The first-order valence-electron chi connectivity index (χ1n) is 9.88. The van der Waals surface area contributed by atoms with Crippen molar-refractivity contribution in [3.8, 4) is 0 Å². The zero-order valence-electron chi connectivity index (χ0n) is 17.6. The second-order valence-corrected chi connectivity index (χ2v) is 7.82. The summed E-state index contributed by atoms with van der Waals surface area (Å²) in [5.41, 5.74) is -0.740. The first-order valence-corrected chi connectivity index (χ1v) is 9.88. The molecule has 0 aromatic heterocycles. The molecule has 1 saturated carbocycles. The standard InChI is InChI=1S/C22H30O7/c1-5-21(2,3)20(25)28-14-18(23)27-15-19(24)29-22(13-9-12-17(22)26-4)16-10-7-6-8-11-16/h6-8,10-11,17H,5,9,12-15H2,1-4H3. The number of carbonyl (C=O) groups excluding carboxylic acids is 3. The van der Waals surface area contributed by atoms with Crippen LogP contribution in [-0.4, -0.2) is 44.3 Å². The van der Waals surface area contributed by atoms with Crippen molar-refractivity contribution in [1.29, 1.82) is 0 Å². The number of hydrogen-bond donors (Lipinski definition) is 0. The van der Waals surface area contributed by atoms with Crippen LogP contribution in [0.15, 0.2) is 30.3 Å². The van der Waals surface area contributed by atoms with Crippen LogP contribution in [0.5, 0.6) is 0 Å². The van der Waals surface area contributed by atoms with E-state index in [9.17, 15) is 14.4 Å². The van der Waals surface area contributed by atoms with E-state index >= 15 is 0 Å². The molecule has 29 heavy (non-hydrogen) atoms. The van der Waals surface area contributed by atoms with Crippen molar-refractivity contribution in [2.24, 2.45) is 5.41 Å². The fourth-order valence-electron chi connectivity index (χ4n) is 3.36. The monoisotopic (exact) mass is 406 g/mol. The number of ether oxygens (including phenoxy) is 4. The van der Waals surface area contributed by atoms with Crippen molar-refractivity contribution >= 4 is 17.9 Å². The van der Waals surface area contributed by atoms with Crippen LogP contribution >= 0.6 is 0 Å². The van der Waals surface area contributed by atoms with E-state index in [4.69, 9.17) is 18.9 Å². The molecule has 0 saturated heterocycles. The SMILES string of the molecule is CCC(C)(C)C(=O)OCC(=O)OCC(=O)OC1(c2ccccc2)CCCC1OC. The Morgan fingerprint density at radius 3 is 2.34 bits per heavy atom. The number of benzene rings is 1. The highest BCUT2D eigenvalue weighted by Gasteiger charge is 2.48. The van der Waals surface area contributed by atoms with E-state index in [0.29, 0.717) is 12.8 Å². The number of carbonyl (C=O) groups is 3.